The van der Waals surface area contributed by atoms with Crippen LogP contribution in [0.5, 0.6) is 11.5 Å². The lowest BCUT2D eigenvalue weighted by Crippen LogP contribution is -2.43. The standard InChI is InChI=1S/C18H30N2O3/c1-7-13-11-12-15(22-5)16(17(13)23-6)19-18(21)14(8-2)20(9-3)10-4/h11-12,14H,7-10H2,1-6H3,(H,19,21). The largest absolute Gasteiger partial charge is 0.494 e. The van der Waals surface area contributed by atoms with E-state index in [2.05, 4.69) is 31.0 Å². The second-order valence-electron chi connectivity index (χ2n) is 5.32. The number of rotatable bonds is 9. The Balaban J connectivity index is 3.17. The first-order chi connectivity index (χ1) is 11.1. The molecule has 1 unspecified atom stereocenters. The van der Waals surface area contributed by atoms with Gasteiger partial charge in [0.25, 0.3) is 0 Å². The Morgan fingerprint density at radius 1 is 1.13 bits per heavy atom. The zero-order chi connectivity index (χ0) is 17.4. The van der Waals surface area contributed by atoms with Crippen LogP contribution in [0.25, 0.3) is 0 Å². The van der Waals surface area contributed by atoms with Crippen LogP contribution in [0, 0.1) is 0 Å². The highest BCUT2D eigenvalue weighted by molar-refractivity contribution is 5.98. The van der Waals surface area contributed by atoms with Crippen molar-refractivity contribution in [3.05, 3.63) is 17.7 Å². The molecule has 0 saturated carbocycles. The van der Waals surface area contributed by atoms with Gasteiger partial charge in [-0.1, -0.05) is 33.8 Å². The summed E-state index contributed by atoms with van der Waals surface area (Å²) in [6.07, 6.45) is 1.58. The first-order valence-electron chi connectivity index (χ1n) is 8.36. The maximum atomic E-state index is 12.8. The summed E-state index contributed by atoms with van der Waals surface area (Å²) in [5.74, 6) is 1.26. The highest BCUT2D eigenvalue weighted by Gasteiger charge is 2.25. The van der Waals surface area contributed by atoms with Crippen molar-refractivity contribution in [2.45, 2.75) is 46.6 Å². The monoisotopic (exact) mass is 322 g/mol. The van der Waals surface area contributed by atoms with Crippen molar-refractivity contribution in [3.63, 3.8) is 0 Å². The Morgan fingerprint density at radius 3 is 2.22 bits per heavy atom. The van der Waals surface area contributed by atoms with Gasteiger partial charge in [0.15, 0.2) is 0 Å². The number of nitrogens with one attached hydrogen (secondary N) is 1. The van der Waals surface area contributed by atoms with E-state index in [1.165, 1.54) is 0 Å². The molecule has 5 nitrogen and oxygen atoms in total. The summed E-state index contributed by atoms with van der Waals surface area (Å²) in [7, 11) is 3.21. The second-order valence-corrected chi connectivity index (χ2v) is 5.32. The molecule has 1 rings (SSSR count). The number of benzene rings is 1. The van der Waals surface area contributed by atoms with Crippen LogP contribution in [-0.2, 0) is 11.2 Å². The lowest BCUT2D eigenvalue weighted by Gasteiger charge is -2.28. The van der Waals surface area contributed by atoms with E-state index in [9.17, 15) is 4.79 Å². The van der Waals surface area contributed by atoms with Crippen LogP contribution in [-0.4, -0.2) is 44.2 Å². The zero-order valence-corrected chi connectivity index (χ0v) is 15.2. The molecule has 23 heavy (non-hydrogen) atoms. The number of anilines is 1. The zero-order valence-electron chi connectivity index (χ0n) is 15.2. The Bertz CT molecular complexity index is 513. The van der Waals surface area contributed by atoms with Gasteiger partial charge in [-0.2, -0.15) is 0 Å². The number of aryl methyl sites for hydroxylation is 1. The van der Waals surface area contributed by atoms with Crippen LogP contribution in [0.3, 0.4) is 0 Å². The van der Waals surface area contributed by atoms with E-state index in [0.717, 1.165) is 31.5 Å². The number of likely N-dealkylation sites (N-methyl/N-ethyl adjacent to an activating group) is 1. The minimum atomic E-state index is -0.162. The van der Waals surface area contributed by atoms with Gasteiger partial charge in [-0.15, -0.1) is 0 Å². The summed E-state index contributed by atoms with van der Waals surface area (Å²) in [6, 6.07) is 3.68. The van der Waals surface area contributed by atoms with Gasteiger partial charge < -0.3 is 14.8 Å². The predicted molar refractivity (Wildman–Crippen MR) is 94.6 cm³/mol. The predicted octanol–water partition coefficient (Wildman–Crippen LogP) is 3.33. The molecule has 1 amide bonds. The average Bonchev–Trinajstić information content (AvgIpc) is 2.58. The quantitative estimate of drug-likeness (QED) is 0.758. The third-order valence-electron chi connectivity index (χ3n) is 4.20. The van der Waals surface area contributed by atoms with Gasteiger partial charge in [0.1, 0.15) is 17.2 Å². The molecule has 0 spiro atoms. The molecule has 0 aliphatic carbocycles. The fourth-order valence-electron chi connectivity index (χ4n) is 2.89. The van der Waals surface area contributed by atoms with E-state index in [1.807, 2.05) is 19.1 Å². The summed E-state index contributed by atoms with van der Waals surface area (Å²) in [5, 5.41) is 3.03. The van der Waals surface area contributed by atoms with Gasteiger partial charge in [0.2, 0.25) is 5.91 Å². The molecule has 1 aromatic rings. The molecular weight excluding hydrogens is 292 g/mol. The van der Waals surface area contributed by atoms with E-state index in [0.29, 0.717) is 17.2 Å². The van der Waals surface area contributed by atoms with E-state index >= 15 is 0 Å². The molecule has 0 radical (unpaired) electrons. The Hall–Kier alpha value is -1.75. The summed E-state index contributed by atoms with van der Waals surface area (Å²) >= 11 is 0. The van der Waals surface area contributed by atoms with Crippen LogP contribution >= 0.6 is 0 Å². The number of carbonyl (C=O) groups excluding carboxylic acids is 1. The van der Waals surface area contributed by atoms with Crippen LogP contribution < -0.4 is 14.8 Å². The minimum Gasteiger partial charge on any atom is -0.494 e. The molecule has 1 aromatic carbocycles. The highest BCUT2D eigenvalue weighted by atomic mass is 16.5. The number of ether oxygens (including phenoxy) is 2. The van der Waals surface area contributed by atoms with Crippen LogP contribution in [0.4, 0.5) is 5.69 Å². The van der Waals surface area contributed by atoms with Crippen molar-refractivity contribution in [2.24, 2.45) is 0 Å². The first-order valence-corrected chi connectivity index (χ1v) is 8.36. The molecule has 0 saturated heterocycles. The van der Waals surface area contributed by atoms with E-state index < -0.39 is 0 Å². The van der Waals surface area contributed by atoms with Gasteiger partial charge in [-0.3, -0.25) is 9.69 Å². The SMILES string of the molecule is CCc1ccc(OC)c(NC(=O)C(CC)N(CC)CC)c1OC. The molecule has 0 fully saturated rings. The van der Waals surface area contributed by atoms with Gasteiger partial charge in [-0.05, 0) is 37.6 Å². The number of methoxy groups -OCH3 is 2. The molecule has 1 N–H and O–H groups in total. The van der Waals surface area contributed by atoms with Gasteiger partial charge in [-0.25, -0.2) is 0 Å². The number of nitrogens with zero attached hydrogens (tertiary/aromatic N) is 1. The van der Waals surface area contributed by atoms with Crippen molar-refractivity contribution in [1.29, 1.82) is 0 Å². The van der Waals surface area contributed by atoms with Crippen molar-refractivity contribution < 1.29 is 14.3 Å². The van der Waals surface area contributed by atoms with Crippen molar-refractivity contribution >= 4 is 11.6 Å². The molecular formula is C18H30N2O3. The maximum Gasteiger partial charge on any atom is 0.241 e. The van der Waals surface area contributed by atoms with Gasteiger partial charge in [0, 0.05) is 0 Å². The maximum absolute atomic E-state index is 12.8. The summed E-state index contributed by atoms with van der Waals surface area (Å²) in [6.45, 7) is 9.90. The highest BCUT2D eigenvalue weighted by Crippen LogP contribution is 2.38. The average molecular weight is 322 g/mol. The molecule has 0 heterocycles. The second kappa shape index (κ2) is 9.40. The van der Waals surface area contributed by atoms with Gasteiger partial charge in [0.05, 0.1) is 20.3 Å². The smallest absolute Gasteiger partial charge is 0.241 e. The molecule has 1 atom stereocenters. The Morgan fingerprint density at radius 2 is 1.78 bits per heavy atom. The topological polar surface area (TPSA) is 50.8 Å². The molecule has 130 valence electrons. The summed E-state index contributed by atoms with van der Waals surface area (Å²) < 4.78 is 10.9. The van der Waals surface area contributed by atoms with E-state index in [4.69, 9.17) is 9.47 Å². The third kappa shape index (κ3) is 4.38. The normalized spacial score (nSPS) is 12.1. The molecule has 5 heteroatoms. The number of hydrogen-bond donors (Lipinski definition) is 1. The van der Waals surface area contributed by atoms with Crippen LogP contribution in [0.2, 0.25) is 0 Å². The Kier molecular flexibility index (Phi) is 7.89. The molecule has 0 aliphatic heterocycles. The first kappa shape index (κ1) is 19.3. The Labute approximate surface area is 140 Å². The van der Waals surface area contributed by atoms with Crippen molar-refractivity contribution in [2.75, 3.05) is 32.6 Å². The van der Waals surface area contributed by atoms with E-state index in [1.54, 1.807) is 14.2 Å². The molecule has 0 aromatic heterocycles. The number of amides is 1. The fraction of sp³-hybridized carbons (Fsp3) is 0.611. The minimum absolute atomic E-state index is 0.0268. The molecule has 0 aliphatic rings. The van der Waals surface area contributed by atoms with Crippen molar-refractivity contribution in [1.82, 2.24) is 4.90 Å². The third-order valence-corrected chi connectivity index (χ3v) is 4.20. The van der Waals surface area contributed by atoms with Crippen molar-refractivity contribution in [3.8, 4) is 11.5 Å². The number of hydrogen-bond acceptors (Lipinski definition) is 4. The summed E-state index contributed by atoms with van der Waals surface area (Å²) in [4.78, 5) is 14.9. The lowest BCUT2D eigenvalue weighted by molar-refractivity contribution is -0.121. The molecule has 0 bridgehead atoms. The fourth-order valence-corrected chi connectivity index (χ4v) is 2.89. The van der Waals surface area contributed by atoms with Crippen LogP contribution in [0.15, 0.2) is 12.1 Å². The lowest BCUT2D eigenvalue weighted by atomic mass is 10.1. The number of carbonyl (C=O) groups is 1. The van der Waals surface area contributed by atoms with E-state index in [-0.39, 0.29) is 11.9 Å². The van der Waals surface area contributed by atoms with Gasteiger partial charge >= 0.3 is 0 Å². The summed E-state index contributed by atoms with van der Waals surface area (Å²) in [5.41, 5.74) is 1.66. The van der Waals surface area contributed by atoms with Crippen LogP contribution in [0.1, 0.15) is 39.7 Å².